The lowest BCUT2D eigenvalue weighted by molar-refractivity contribution is -0.384. The third kappa shape index (κ3) is 5.01. The van der Waals surface area contributed by atoms with E-state index in [1.807, 2.05) is 36.4 Å². The molecule has 1 aromatic heterocycles. The minimum atomic E-state index is -0.302. The summed E-state index contributed by atoms with van der Waals surface area (Å²) in [5, 5.41) is 26.1. The number of fused-ring (bicyclic) bond motifs is 6. The normalized spacial score (nSPS) is 15.5. The van der Waals surface area contributed by atoms with Gasteiger partial charge in [0.2, 0.25) is 0 Å². The maximum absolute atomic E-state index is 11.2. The molecular formula is C36H29N3O2. The first-order valence-corrected chi connectivity index (χ1v) is 13.8. The lowest BCUT2D eigenvalue weighted by Crippen LogP contribution is -2.29. The molecule has 1 unspecified atom stereocenters. The van der Waals surface area contributed by atoms with Crippen molar-refractivity contribution < 1.29 is 4.92 Å². The molecule has 5 aromatic carbocycles. The minimum absolute atomic E-state index is 0.00909. The van der Waals surface area contributed by atoms with Crippen molar-refractivity contribution in [2.24, 2.45) is 0 Å². The van der Waals surface area contributed by atoms with Crippen LogP contribution in [-0.2, 0) is 11.8 Å². The molecule has 200 valence electrons. The van der Waals surface area contributed by atoms with E-state index >= 15 is 0 Å². The van der Waals surface area contributed by atoms with Crippen molar-refractivity contribution in [3.8, 4) is 6.07 Å². The van der Waals surface area contributed by atoms with Crippen LogP contribution in [0, 0.1) is 21.4 Å². The van der Waals surface area contributed by atoms with Gasteiger partial charge in [-0.1, -0.05) is 80.6 Å². The number of nitriles is 1. The fraction of sp³-hybridized carbons (Fsp3) is 0.167. The molecule has 0 bridgehead atoms. The van der Waals surface area contributed by atoms with Gasteiger partial charge >= 0.3 is 0 Å². The van der Waals surface area contributed by atoms with E-state index in [0.29, 0.717) is 5.56 Å². The second kappa shape index (κ2) is 10.5. The number of nitro benzene ring substituents is 1. The molecule has 0 saturated heterocycles. The van der Waals surface area contributed by atoms with Gasteiger partial charge < -0.3 is 0 Å². The maximum atomic E-state index is 11.2. The number of rotatable bonds is 2. The van der Waals surface area contributed by atoms with Crippen molar-refractivity contribution in [3.05, 3.63) is 142 Å². The first kappa shape index (κ1) is 26.2. The number of hydrogen-bond donors (Lipinski definition) is 0. The Bertz CT molecular complexity index is 1990. The zero-order chi connectivity index (χ0) is 28.6. The second-order valence-corrected chi connectivity index (χ2v) is 11.3. The highest BCUT2D eigenvalue weighted by Gasteiger charge is 2.35. The average molecular weight is 536 g/mol. The number of nitrogens with zero attached hydrogens (tertiary/aromatic N) is 3. The summed E-state index contributed by atoms with van der Waals surface area (Å²) in [4.78, 5) is 15.1. The number of pyridine rings is 1. The largest absolute Gasteiger partial charge is 0.269 e. The summed E-state index contributed by atoms with van der Waals surface area (Å²) in [6.07, 6.45) is 3.64. The summed E-state index contributed by atoms with van der Waals surface area (Å²) in [5.74, 6) is 0.287. The summed E-state index contributed by atoms with van der Waals surface area (Å²) >= 11 is 0. The second-order valence-electron chi connectivity index (χ2n) is 11.3. The van der Waals surface area contributed by atoms with Gasteiger partial charge in [-0.2, -0.15) is 5.26 Å². The van der Waals surface area contributed by atoms with Gasteiger partial charge in [0.1, 0.15) is 0 Å². The van der Waals surface area contributed by atoms with Crippen molar-refractivity contribution >= 4 is 38.1 Å². The van der Waals surface area contributed by atoms with E-state index in [1.54, 1.807) is 24.4 Å². The van der Waals surface area contributed by atoms with Crippen LogP contribution in [0.1, 0.15) is 48.4 Å². The first-order chi connectivity index (χ1) is 19.8. The lowest BCUT2D eigenvalue weighted by Gasteiger charge is -2.39. The fourth-order valence-electron chi connectivity index (χ4n) is 6.43. The van der Waals surface area contributed by atoms with Gasteiger partial charge in [0.05, 0.1) is 22.1 Å². The Morgan fingerprint density at radius 1 is 0.854 bits per heavy atom. The Labute approximate surface area is 238 Å². The molecule has 5 nitrogen and oxygen atoms in total. The third-order valence-corrected chi connectivity index (χ3v) is 8.20. The first-order valence-electron chi connectivity index (χ1n) is 13.8. The molecule has 0 N–H and O–H groups in total. The van der Waals surface area contributed by atoms with Crippen molar-refractivity contribution in [2.45, 2.75) is 38.0 Å². The Morgan fingerprint density at radius 2 is 1.66 bits per heavy atom. The monoisotopic (exact) mass is 535 g/mol. The van der Waals surface area contributed by atoms with Gasteiger partial charge in [0, 0.05) is 23.7 Å². The van der Waals surface area contributed by atoms with Crippen molar-refractivity contribution in [1.29, 1.82) is 5.26 Å². The lowest BCUT2D eigenvalue weighted by atomic mass is 9.65. The highest BCUT2D eigenvalue weighted by Crippen LogP contribution is 2.47. The summed E-state index contributed by atoms with van der Waals surface area (Å²) in [5.41, 5.74) is 5.63. The summed E-state index contributed by atoms with van der Waals surface area (Å²) in [6, 6.07) is 36.1. The topological polar surface area (TPSA) is 79.8 Å². The average Bonchev–Trinajstić information content (AvgIpc) is 3.00. The molecule has 1 aliphatic carbocycles. The van der Waals surface area contributed by atoms with Crippen LogP contribution in [0.4, 0.5) is 5.69 Å². The van der Waals surface area contributed by atoms with Crippen LogP contribution in [0.15, 0.2) is 109 Å². The van der Waals surface area contributed by atoms with Crippen LogP contribution in [0.5, 0.6) is 0 Å². The number of benzene rings is 5. The molecule has 6 aromatic rings. The van der Waals surface area contributed by atoms with Crippen molar-refractivity contribution in [1.82, 2.24) is 4.98 Å². The van der Waals surface area contributed by atoms with Gasteiger partial charge in [-0.3, -0.25) is 15.1 Å². The molecule has 0 fully saturated rings. The third-order valence-electron chi connectivity index (χ3n) is 8.20. The van der Waals surface area contributed by atoms with E-state index < -0.39 is 0 Å². The quantitative estimate of drug-likeness (QED) is 0.126. The van der Waals surface area contributed by atoms with Crippen molar-refractivity contribution in [2.75, 3.05) is 0 Å². The highest BCUT2D eigenvalue weighted by molar-refractivity contribution is 6.09. The molecule has 0 aliphatic heterocycles. The molecule has 5 heteroatoms. The van der Waals surface area contributed by atoms with E-state index in [9.17, 15) is 10.1 Å². The Balaban J connectivity index is 0.000000210. The van der Waals surface area contributed by atoms with E-state index in [-0.39, 0.29) is 21.9 Å². The SMILES string of the molecule is CC1(C)CC(c2cccc([N+](=O)[O-])c2)Cc2ccc3c(ccc4ccccc43)c21.N#Cc1ccc2ncccc2c1. The molecule has 0 saturated carbocycles. The molecule has 0 radical (unpaired) electrons. The van der Waals surface area contributed by atoms with E-state index in [1.165, 1.54) is 32.7 Å². The molecular weight excluding hydrogens is 506 g/mol. The van der Waals surface area contributed by atoms with E-state index in [0.717, 1.165) is 29.3 Å². The van der Waals surface area contributed by atoms with Gasteiger partial charge in [0.25, 0.3) is 5.69 Å². The smallest absolute Gasteiger partial charge is 0.258 e. The Kier molecular flexibility index (Phi) is 6.69. The molecule has 1 heterocycles. The van der Waals surface area contributed by atoms with Gasteiger partial charge in [0.15, 0.2) is 0 Å². The number of aromatic nitrogens is 1. The van der Waals surface area contributed by atoms with Gasteiger partial charge in [-0.25, -0.2) is 0 Å². The summed E-state index contributed by atoms with van der Waals surface area (Å²) < 4.78 is 0. The molecule has 7 rings (SSSR count). The predicted octanol–water partition coefficient (Wildman–Crippen LogP) is 9.02. The minimum Gasteiger partial charge on any atom is -0.258 e. The van der Waals surface area contributed by atoms with Crippen LogP contribution in [-0.4, -0.2) is 9.91 Å². The van der Waals surface area contributed by atoms with Crippen LogP contribution < -0.4 is 0 Å². The summed E-state index contributed by atoms with van der Waals surface area (Å²) in [7, 11) is 0. The molecule has 1 aliphatic rings. The maximum Gasteiger partial charge on any atom is 0.269 e. The zero-order valence-corrected chi connectivity index (χ0v) is 23.0. The number of nitro groups is 1. The molecule has 1 atom stereocenters. The Morgan fingerprint density at radius 3 is 2.49 bits per heavy atom. The highest BCUT2D eigenvalue weighted by atomic mass is 16.6. The number of non-ortho nitro benzene ring substituents is 1. The fourth-order valence-corrected chi connectivity index (χ4v) is 6.43. The standard InChI is InChI=1S/C26H23NO2.C10H6N2/c1-26(2)16-20(18-7-5-8-21(15-18)27(28)29)14-19-11-12-23-22-9-4-3-6-17(22)10-13-24(23)25(19)26;11-7-8-3-4-10-9(6-8)2-1-5-12-10/h3-13,15,20H,14,16H2,1-2H3;1-6H. The Hall–Kier alpha value is -5.08. The molecule has 41 heavy (non-hydrogen) atoms. The molecule has 0 spiro atoms. The van der Waals surface area contributed by atoms with Crippen LogP contribution in [0.25, 0.3) is 32.4 Å². The molecule has 0 amide bonds. The van der Waals surface area contributed by atoms with E-state index in [4.69, 9.17) is 5.26 Å². The van der Waals surface area contributed by atoms with Gasteiger partial charge in [-0.05, 0) is 86.7 Å². The van der Waals surface area contributed by atoms with Gasteiger partial charge in [-0.15, -0.1) is 0 Å². The summed E-state index contributed by atoms with van der Waals surface area (Å²) in [6.45, 7) is 4.62. The van der Waals surface area contributed by atoms with E-state index in [2.05, 4.69) is 73.4 Å². The predicted molar refractivity (Wildman–Crippen MR) is 165 cm³/mol. The van der Waals surface area contributed by atoms with Crippen LogP contribution >= 0.6 is 0 Å². The number of hydrogen-bond acceptors (Lipinski definition) is 4. The van der Waals surface area contributed by atoms with Crippen molar-refractivity contribution in [3.63, 3.8) is 0 Å². The van der Waals surface area contributed by atoms with Crippen LogP contribution in [0.3, 0.4) is 0 Å². The van der Waals surface area contributed by atoms with Crippen LogP contribution in [0.2, 0.25) is 0 Å². The zero-order valence-electron chi connectivity index (χ0n) is 23.0.